The molecule has 5 heteroatoms. The van der Waals surface area contributed by atoms with Crippen LogP contribution >= 0.6 is 11.3 Å². The van der Waals surface area contributed by atoms with Gasteiger partial charge in [-0.1, -0.05) is 18.2 Å². The predicted molar refractivity (Wildman–Crippen MR) is 97.1 cm³/mol. The molecule has 0 unspecified atom stereocenters. The number of likely N-dealkylation sites (N-methyl/N-ethyl adjacent to an activating group) is 1. The van der Waals surface area contributed by atoms with Crippen molar-refractivity contribution in [2.24, 2.45) is 5.92 Å². The average molecular weight is 343 g/mol. The van der Waals surface area contributed by atoms with Gasteiger partial charge < -0.3 is 5.32 Å². The van der Waals surface area contributed by atoms with Crippen molar-refractivity contribution in [2.45, 2.75) is 50.1 Å². The summed E-state index contributed by atoms with van der Waals surface area (Å²) in [5.74, 6) is 0.791. The molecule has 0 radical (unpaired) electrons. The van der Waals surface area contributed by atoms with Crippen LogP contribution in [0.25, 0.3) is 0 Å². The van der Waals surface area contributed by atoms with E-state index in [1.54, 1.807) is 5.51 Å². The predicted octanol–water partition coefficient (Wildman–Crippen LogP) is 3.39. The van der Waals surface area contributed by atoms with Gasteiger partial charge in [0.1, 0.15) is 5.69 Å². The molecule has 0 spiro atoms. The van der Waals surface area contributed by atoms with E-state index in [1.807, 2.05) is 5.38 Å². The number of hydrogen-bond acceptors (Lipinski definition) is 4. The highest BCUT2D eigenvalue weighted by molar-refractivity contribution is 7.07. The van der Waals surface area contributed by atoms with Crippen LogP contribution in [-0.2, 0) is 0 Å². The van der Waals surface area contributed by atoms with Crippen molar-refractivity contribution in [2.75, 3.05) is 13.6 Å². The van der Waals surface area contributed by atoms with Gasteiger partial charge in [0.15, 0.2) is 0 Å². The van der Waals surface area contributed by atoms with Crippen LogP contribution in [-0.4, -0.2) is 41.0 Å². The number of carbonyl (C=O) groups excluding carboxylic acids is 1. The van der Waals surface area contributed by atoms with Crippen LogP contribution < -0.4 is 5.32 Å². The molecule has 1 atom stereocenters. The second-order valence-electron chi connectivity index (χ2n) is 7.39. The first-order valence-corrected chi connectivity index (χ1v) is 9.90. The highest BCUT2D eigenvalue weighted by Crippen LogP contribution is 2.46. The van der Waals surface area contributed by atoms with Crippen LogP contribution in [0.15, 0.2) is 34.7 Å². The van der Waals surface area contributed by atoms with Crippen LogP contribution in [0, 0.1) is 5.92 Å². The summed E-state index contributed by atoms with van der Waals surface area (Å²) in [6.45, 7) is 1.15. The lowest BCUT2D eigenvalue weighted by atomic mass is 9.65. The van der Waals surface area contributed by atoms with E-state index in [4.69, 9.17) is 0 Å². The van der Waals surface area contributed by atoms with Gasteiger partial charge in [-0.2, -0.15) is 0 Å². The monoisotopic (exact) mass is 343 g/mol. The molecule has 3 fully saturated rings. The zero-order valence-corrected chi connectivity index (χ0v) is 15.0. The molecule has 1 N–H and O–H groups in total. The number of hydrogen-bond donors (Lipinski definition) is 1. The molecule has 3 heterocycles. The van der Waals surface area contributed by atoms with Crippen molar-refractivity contribution in [3.05, 3.63) is 40.4 Å². The summed E-state index contributed by atoms with van der Waals surface area (Å²) in [4.78, 5) is 19.4. The van der Waals surface area contributed by atoms with E-state index in [0.717, 1.165) is 25.3 Å². The Balaban J connectivity index is 1.66. The zero-order valence-electron chi connectivity index (χ0n) is 14.2. The van der Waals surface area contributed by atoms with E-state index in [2.05, 4.69) is 40.5 Å². The molecule has 0 aromatic carbocycles. The molecule has 1 saturated carbocycles. The molecule has 1 aromatic rings. The number of thiazole rings is 1. The average Bonchev–Trinajstić information content (AvgIpc) is 3.16. The fourth-order valence-electron chi connectivity index (χ4n) is 4.73. The maximum Gasteiger partial charge on any atom is 0.271 e. The largest absolute Gasteiger partial charge is 0.342 e. The fraction of sp³-hybridized carbons (Fsp3) is 0.579. The van der Waals surface area contributed by atoms with Crippen molar-refractivity contribution in [3.63, 3.8) is 0 Å². The normalized spacial score (nSPS) is 30.9. The lowest BCUT2D eigenvalue weighted by Gasteiger charge is -2.57. The Morgan fingerprint density at radius 2 is 2.25 bits per heavy atom. The highest BCUT2D eigenvalue weighted by atomic mass is 32.1. The smallest absolute Gasteiger partial charge is 0.271 e. The summed E-state index contributed by atoms with van der Waals surface area (Å²) < 4.78 is 0. The van der Waals surface area contributed by atoms with Crippen LogP contribution in [0.2, 0.25) is 0 Å². The van der Waals surface area contributed by atoms with Crippen molar-refractivity contribution < 1.29 is 4.79 Å². The second-order valence-corrected chi connectivity index (χ2v) is 8.11. The number of nitrogens with zero attached hydrogens (tertiary/aromatic N) is 2. The standard InChI is InChI=1S/C19H25N3OS/c1-22-11-14-7-9-19(22,10-8-14)17(15-5-3-2-4-6-15)21-18(23)16-12-24-13-20-16/h3,5-6,12-14,17H,2,4,7-11H2,1H3,(H,21,23)/t14?,17-,19?/m1/s1. The van der Waals surface area contributed by atoms with Crippen LogP contribution in [0.5, 0.6) is 0 Å². The maximum absolute atomic E-state index is 12.7. The van der Waals surface area contributed by atoms with E-state index in [9.17, 15) is 4.79 Å². The number of rotatable bonds is 4. The van der Waals surface area contributed by atoms with Gasteiger partial charge >= 0.3 is 0 Å². The number of carbonyl (C=O) groups is 1. The molecule has 2 saturated heterocycles. The quantitative estimate of drug-likeness (QED) is 0.911. The molecule has 2 bridgehead atoms. The number of fused-ring (bicyclic) bond motifs is 3. The van der Waals surface area contributed by atoms with E-state index >= 15 is 0 Å². The number of piperidine rings is 2. The molecule has 24 heavy (non-hydrogen) atoms. The van der Waals surface area contributed by atoms with Gasteiger partial charge in [-0.25, -0.2) is 4.98 Å². The van der Waals surface area contributed by atoms with E-state index in [-0.39, 0.29) is 17.5 Å². The van der Waals surface area contributed by atoms with Gasteiger partial charge in [-0.05, 0) is 57.1 Å². The van der Waals surface area contributed by atoms with Gasteiger partial charge in [0.05, 0.1) is 11.6 Å². The Bertz CT molecular complexity index is 656. The second kappa shape index (κ2) is 6.45. The first kappa shape index (κ1) is 16.0. The first-order chi connectivity index (χ1) is 11.7. The summed E-state index contributed by atoms with van der Waals surface area (Å²) in [5, 5.41) is 5.18. The number of amides is 1. The third-order valence-corrected chi connectivity index (χ3v) is 6.68. The van der Waals surface area contributed by atoms with Crippen molar-refractivity contribution >= 4 is 17.2 Å². The van der Waals surface area contributed by atoms with Gasteiger partial charge in [-0.15, -0.1) is 11.3 Å². The molecule has 5 rings (SSSR count). The molecule has 4 aliphatic rings. The summed E-state index contributed by atoms with van der Waals surface area (Å²) in [5.41, 5.74) is 3.58. The van der Waals surface area contributed by atoms with Gasteiger partial charge in [0, 0.05) is 17.5 Å². The number of aromatic nitrogens is 1. The molecule has 1 aromatic heterocycles. The van der Waals surface area contributed by atoms with E-state index in [1.165, 1.54) is 42.6 Å². The lowest BCUT2D eigenvalue weighted by Crippen LogP contribution is -2.67. The molecular weight excluding hydrogens is 318 g/mol. The Morgan fingerprint density at radius 1 is 1.42 bits per heavy atom. The molecule has 1 amide bonds. The van der Waals surface area contributed by atoms with Crippen molar-refractivity contribution in [1.29, 1.82) is 0 Å². The molecular formula is C19H25N3OS. The van der Waals surface area contributed by atoms with Crippen molar-refractivity contribution in [1.82, 2.24) is 15.2 Å². The summed E-state index contributed by atoms with van der Waals surface area (Å²) in [6.07, 6.45) is 13.8. The maximum atomic E-state index is 12.7. The molecule has 2 aliphatic heterocycles. The lowest BCUT2D eigenvalue weighted by molar-refractivity contribution is -0.0312. The van der Waals surface area contributed by atoms with Crippen LogP contribution in [0.3, 0.4) is 0 Å². The molecule has 2 aliphatic carbocycles. The Hall–Kier alpha value is -1.46. The highest BCUT2D eigenvalue weighted by Gasteiger charge is 2.50. The molecule has 4 nitrogen and oxygen atoms in total. The Kier molecular flexibility index (Phi) is 4.31. The van der Waals surface area contributed by atoms with E-state index < -0.39 is 0 Å². The molecule has 128 valence electrons. The minimum Gasteiger partial charge on any atom is -0.342 e. The Labute approximate surface area is 147 Å². The summed E-state index contributed by atoms with van der Waals surface area (Å²) in [7, 11) is 2.24. The minimum absolute atomic E-state index is 0.0448. The van der Waals surface area contributed by atoms with E-state index in [0.29, 0.717) is 5.69 Å². The number of allylic oxidation sites excluding steroid dienone is 2. The van der Waals surface area contributed by atoms with Crippen LogP contribution in [0.4, 0.5) is 0 Å². The topological polar surface area (TPSA) is 45.2 Å². The third kappa shape index (κ3) is 2.74. The summed E-state index contributed by atoms with van der Waals surface area (Å²) >= 11 is 1.47. The fourth-order valence-corrected chi connectivity index (χ4v) is 5.26. The SMILES string of the molecule is CN1CC2CCC1([C@H](NC(=O)c1cscn1)C1=CCCC=C1)CC2. The van der Waals surface area contributed by atoms with Gasteiger partial charge in [-0.3, -0.25) is 9.69 Å². The van der Waals surface area contributed by atoms with Gasteiger partial charge in [0.2, 0.25) is 0 Å². The number of nitrogens with one attached hydrogen (secondary N) is 1. The first-order valence-electron chi connectivity index (χ1n) is 8.96. The minimum atomic E-state index is -0.0448. The van der Waals surface area contributed by atoms with Gasteiger partial charge in [0.25, 0.3) is 5.91 Å². The Morgan fingerprint density at radius 3 is 2.88 bits per heavy atom. The van der Waals surface area contributed by atoms with Crippen LogP contribution in [0.1, 0.15) is 49.0 Å². The third-order valence-electron chi connectivity index (χ3n) is 6.10. The zero-order chi connectivity index (χ0) is 16.6. The van der Waals surface area contributed by atoms with Crippen molar-refractivity contribution in [3.8, 4) is 0 Å². The summed E-state index contributed by atoms with van der Waals surface area (Å²) in [6, 6.07) is 0.0505.